The number of carbonyl (C=O) groups excluding carboxylic acids is 1. The minimum absolute atomic E-state index is 0.239. The first-order chi connectivity index (χ1) is 29.4. The number of aliphatic hydroxyl groups excluding tert-OH is 5. The van der Waals surface area contributed by atoms with Gasteiger partial charge in [-0.3, -0.25) is 9.35 Å². The number of hydrogen-bond acceptors (Lipinski definition) is 11. The van der Waals surface area contributed by atoms with Gasteiger partial charge >= 0.3 is 10.4 Å². The van der Waals surface area contributed by atoms with Crippen molar-refractivity contribution in [3.05, 3.63) is 24.3 Å². The predicted molar refractivity (Wildman–Crippen MR) is 242 cm³/mol. The van der Waals surface area contributed by atoms with Crippen LogP contribution in [0, 0.1) is 0 Å². The lowest BCUT2D eigenvalue weighted by atomic mass is 9.99. The van der Waals surface area contributed by atoms with Crippen molar-refractivity contribution >= 4 is 16.3 Å². The van der Waals surface area contributed by atoms with Crippen molar-refractivity contribution in [1.82, 2.24) is 5.32 Å². The van der Waals surface area contributed by atoms with Crippen LogP contribution in [0.25, 0.3) is 0 Å². The van der Waals surface area contributed by atoms with Crippen LogP contribution < -0.4 is 5.32 Å². The molecule has 0 aromatic heterocycles. The monoisotopic (exact) mass is 892 g/mol. The molecule has 61 heavy (non-hydrogen) atoms. The Hall–Kier alpha value is -1.46. The Morgan fingerprint density at radius 2 is 1.10 bits per heavy atom. The summed E-state index contributed by atoms with van der Waals surface area (Å²) in [5, 5.41) is 55.2. The number of amides is 1. The van der Waals surface area contributed by atoms with E-state index in [2.05, 4.69) is 35.5 Å². The van der Waals surface area contributed by atoms with E-state index in [4.69, 9.17) is 9.47 Å². The fourth-order valence-electron chi connectivity index (χ4n) is 7.71. The summed E-state index contributed by atoms with van der Waals surface area (Å²) in [5.41, 5.74) is 0. The first-order valence-electron chi connectivity index (χ1n) is 24.3. The van der Waals surface area contributed by atoms with E-state index in [0.29, 0.717) is 12.8 Å². The highest BCUT2D eigenvalue weighted by molar-refractivity contribution is 7.80. The lowest BCUT2D eigenvalue weighted by Gasteiger charge is -2.41. The van der Waals surface area contributed by atoms with Crippen LogP contribution in [0.2, 0.25) is 0 Å². The molecule has 1 saturated heterocycles. The Labute approximate surface area is 370 Å². The minimum atomic E-state index is -5.12. The Morgan fingerprint density at radius 3 is 1.57 bits per heavy atom. The number of carbonyl (C=O) groups is 1. The highest BCUT2D eigenvalue weighted by Crippen LogP contribution is 2.26. The average molecular weight is 892 g/mol. The summed E-state index contributed by atoms with van der Waals surface area (Å²) in [4.78, 5) is 13.1. The van der Waals surface area contributed by atoms with Crippen molar-refractivity contribution in [1.29, 1.82) is 0 Å². The molecule has 0 radical (unpaired) electrons. The normalized spacial score (nSPS) is 21.3. The minimum Gasteiger partial charge on any atom is -0.394 e. The maximum absolute atomic E-state index is 13.1. The molecule has 0 aromatic carbocycles. The number of rotatable bonds is 41. The molecule has 0 spiro atoms. The lowest BCUT2D eigenvalue weighted by Crippen LogP contribution is -2.61. The molecule has 7 N–H and O–H groups in total. The third kappa shape index (κ3) is 30.3. The van der Waals surface area contributed by atoms with Crippen molar-refractivity contribution in [2.45, 2.75) is 255 Å². The van der Waals surface area contributed by atoms with E-state index >= 15 is 0 Å². The Morgan fingerprint density at radius 1 is 0.656 bits per heavy atom. The SMILES string of the molecule is CCCCCCCCCCCCCCCCC/C=C/CC/C=C/C(O)C(COC1OC(CO)C(O)C(OS(=O)(=O)O)C1O)NC(=O)C(O)CCCCCCCCCCCCC. The molecule has 14 heteroatoms. The summed E-state index contributed by atoms with van der Waals surface area (Å²) in [6.45, 7) is 3.20. The van der Waals surface area contributed by atoms with Gasteiger partial charge in [0.2, 0.25) is 5.91 Å². The third-order valence-corrected chi connectivity index (χ3v) is 12.1. The number of ether oxygens (including phenoxy) is 2. The molecule has 1 heterocycles. The fourth-order valence-corrected chi connectivity index (χ4v) is 8.22. The van der Waals surface area contributed by atoms with Gasteiger partial charge in [-0.2, -0.15) is 8.42 Å². The number of unbranched alkanes of at least 4 members (excludes halogenated alkanes) is 26. The van der Waals surface area contributed by atoms with Crippen molar-refractivity contribution in [2.75, 3.05) is 13.2 Å². The molecule has 1 rings (SSSR count). The summed E-state index contributed by atoms with van der Waals surface area (Å²) in [7, 11) is -5.12. The molecule has 0 aliphatic carbocycles. The second-order valence-electron chi connectivity index (χ2n) is 17.2. The molecule has 360 valence electrons. The molecule has 1 amide bonds. The van der Waals surface area contributed by atoms with E-state index in [1.165, 1.54) is 141 Å². The van der Waals surface area contributed by atoms with Gasteiger partial charge in [-0.1, -0.05) is 199 Å². The van der Waals surface area contributed by atoms with Crippen LogP contribution in [0.15, 0.2) is 24.3 Å². The van der Waals surface area contributed by atoms with Crippen molar-refractivity contribution in [3.63, 3.8) is 0 Å². The van der Waals surface area contributed by atoms with Crippen molar-refractivity contribution in [2.24, 2.45) is 0 Å². The van der Waals surface area contributed by atoms with Gasteiger partial charge in [0.1, 0.15) is 30.5 Å². The first kappa shape index (κ1) is 57.6. The molecule has 1 aliphatic heterocycles. The van der Waals surface area contributed by atoms with Gasteiger partial charge in [0.05, 0.1) is 25.4 Å². The van der Waals surface area contributed by atoms with Gasteiger partial charge in [0.15, 0.2) is 6.29 Å². The molecule has 0 bridgehead atoms. The second kappa shape index (κ2) is 37.9. The van der Waals surface area contributed by atoms with E-state index < -0.39 is 78.5 Å². The molecule has 1 fully saturated rings. The Bertz CT molecular complexity index is 1200. The van der Waals surface area contributed by atoms with Gasteiger partial charge in [-0.25, -0.2) is 4.18 Å². The Balaban J connectivity index is 2.55. The van der Waals surface area contributed by atoms with E-state index in [0.717, 1.165) is 38.5 Å². The summed E-state index contributed by atoms with van der Waals surface area (Å²) in [6, 6.07) is -1.13. The summed E-state index contributed by atoms with van der Waals surface area (Å²) < 4.78 is 47.5. The molecule has 13 nitrogen and oxygen atoms in total. The molecule has 8 unspecified atom stereocenters. The topological polar surface area (TPSA) is 212 Å². The maximum atomic E-state index is 13.1. The van der Waals surface area contributed by atoms with Gasteiger partial charge < -0.3 is 40.3 Å². The van der Waals surface area contributed by atoms with E-state index in [-0.39, 0.29) is 6.42 Å². The second-order valence-corrected chi connectivity index (χ2v) is 18.2. The van der Waals surface area contributed by atoms with Crippen LogP contribution in [0.3, 0.4) is 0 Å². The summed E-state index contributed by atoms with van der Waals surface area (Å²) in [6.07, 6.45) is 31.3. The highest BCUT2D eigenvalue weighted by atomic mass is 32.3. The van der Waals surface area contributed by atoms with Crippen LogP contribution >= 0.6 is 0 Å². The lowest BCUT2D eigenvalue weighted by molar-refractivity contribution is -0.298. The quantitative estimate of drug-likeness (QED) is 0.0175. The first-order valence-corrected chi connectivity index (χ1v) is 25.7. The van der Waals surface area contributed by atoms with Crippen molar-refractivity contribution < 1.29 is 57.0 Å². The predicted octanol–water partition coefficient (Wildman–Crippen LogP) is 8.69. The number of allylic oxidation sites excluding steroid dienone is 3. The van der Waals surface area contributed by atoms with E-state index in [1.54, 1.807) is 6.08 Å². The number of hydrogen-bond donors (Lipinski definition) is 7. The van der Waals surface area contributed by atoms with Crippen LogP contribution in [0.5, 0.6) is 0 Å². The standard InChI is InChI=1S/C47H89NO12S/c1-3-5-7-9-11-13-15-16-17-18-19-20-21-22-23-24-26-27-29-31-33-35-40(50)39(38-58-47-44(53)45(60-61(55,56)57)43(52)42(37-49)59-47)48-46(54)41(51)36-34-32-30-28-25-14-12-10-8-6-4-2/h26-27,33,35,39-45,47,49-53H,3-25,28-32,34,36-38H2,1-2H3,(H,48,54)(H,55,56,57)/b27-26+,35-33+. The molecular formula is C47H89NO12S. The molecule has 1 aliphatic rings. The zero-order chi connectivity index (χ0) is 45.0. The zero-order valence-corrected chi connectivity index (χ0v) is 38.9. The highest BCUT2D eigenvalue weighted by Gasteiger charge is 2.48. The van der Waals surface area contributed by atoms with Crippen LogP contribution in [0.4, 0.5) is 0 Å². The van der Waals surface area contributed by atoms with Crippen LogP contribution in [-0.2, 0) is 28.9 Å². The summed E-state index contributed by atoms with van der Waals surface area (Å²) in [5.74, 6) is -0.712. The van der Waals surface area contributed by atoms with Crippen molar-refractivity contribution in [3.8, 4) is 0 Å². The smallest absolute Gasteiger partial charge is 0.394 e. The largest absolute Gasteiger partial charge is 0.397 e. The average Bonchev–Trinajstić information content (AvgIpc) is 3.23. The van der Waals surface area contributed by atoms with Gasteiger partial charge in [0, 0.05) is 0 Å². The van der Waals surface area contributed by atoms with Crippen LogP contribution in [0.1, 0.15) is 206 Å². The zero-order valence-electron chi connectivity index (χ0n) is 38.1. The van der Waals surface area contributed by atoms with Gasteiger partial charge in [-0.05, 0) is 32.1 Å². The van der Waals surface area contributed by atoms with Crippen LogP contribution in [-0.4, -0.2) is 107 Å². The molecular weight excluding hydrogens is 803 g/mol. The molecule has 0 aromatic rings. The van der Waals surface area contributed by atoms with Gasteiger partial charge in [-0.15, -0.1) is 0 Å². The Kier molecular flexibility index (Phi) is 35.7. The van der Waals surface area contributed by atoms with E-state index in [1.807, 2.05) is 0 Å². The van der Waals surface area contributed by atoms with Gasteiger partial charge in [0.25, 0.3) is 0 Å². The maximum Gasteiger partial charge on any atom is 0.397 e. The fraction of sp³-hybridized carbons (Fsp3) is 0.894. The molecule has 0 saturated carbocycles. The number of aliphatic hydroxyl groups is 5. The molecule has 8 atom stereocenters. The number of nitrogens with one attached hydrogen (secondary N) is 1. The third-order valence-electron chi connectivity index (χ3n) is 11.6. The van der Waals surface area contributed by atoms with E-state index in [9.17, 15) is 43.3 Å². The summed E-state index contributed by atoms with van der Waals surface area (Å²) >= 11 is 0.